The van der Waals surface area contributed by atoms with Gasteiger partial charge in [-0.2, -0.15) is 0 Å². The summed E-state index contributed by atoms with van der Waals surface area (Å²) in [6.07, 6.45) is 0. The predicted molar refractivity (Wildman–Crippen MR) is 64.5 cm³/mol. The molecule has 0 amide bonds. The molecule has 2 N–H and O–H groups in total. The van der Waals surface area contributed by atoms with Crippen molar-refractivity contribution in [2.24, 2.45) is 5.73 Å². The van der Waals surface area contributed by atoms with Gasteiger partial charge in [-0.25, -0.2) is 0 Å². The summed E-state index contributed by atoms with van der Waals surface area (Å²) in [6.45, 7) is 0. The van der Waals surface area contributed by atoms with Gasteiger partial charge in [-0.3, -0.25) is 0 Å². The molecule has 0 aliphatic rings. The van der Waals surface area contributed by atoms with Gasteiger partial charge in [0.1, 0.15) is 0 Å². The van der Waals surface area contributed by atoms with Crippen LogP contribution in [0.15, 0.2) is 0 Å². The van der Waals surface area contributed by atoms with E-state index in [1.807, 2.05) is 0 Å². The molecule has 0 saturated heterocycles. The van der Waals surface area contributed by atoms with E-state index in [-0.39, 0.29) is 0 Å². The zero-order valence-electron chi connectivity index (χ0n) is 3.67. The average molecular weight is 684 g/mol. The Hall–Kier alpha value is 3.53. The van der Waals surface area contributed by atoms with Crippen molar-refractivity contribution in [2.75, 3.05) is 4.55 Å². The number of nitrogens with two attached hydrogens (primary N) is 1. The Bertz CT molecular complexity index is 39.8. The van der Waals surface area contributed by atoms with Gasteiger partial charge >= 0.3 is 59.5 Å². The molecular weight excluding hydrogens is 680 g/mol. The van der Waals surface area contributed by atoms with Crippen molar-refractivity contribution >= 4 is 82.1 Å². The predicted octanol–water partition coefficient (Wildman–Crippen LogP) is 3.34. The van der Waals surface area contributed by atoms with E-state index in [1.54, 1.807) is 0 Å². The molecule has 1 nitrogen and oxygen atoms in total. The second kappa shape index (κ2) is 8.63. The van der Waals surface area contributed by atoms with Crippen molar-refractivity contribution in [1.82, 2.24) is 0 Å². The van der Waals surface area contributed by atoms with Gasteiger partial charge < -0.3 is 5.73 Å². The molecule has 52 valence electrons. The summed E-state index contributed by atoms with van der Waals surface area (Å²) < 4.78 is 0.720. The van der Waals surface area contributed by atoms with Crippen LogP contribution in [0.1, 0.15) is 0 Å². The molecule has 7 heteroatoms. The summed E-state index contributed by atoms with van der Waals surface area (Å²) in [5.41, 5.74) is 4.83. The van der Waals surface area contributed by atoms with Gasteiger partial charge in [-0.05, 0) is 0 Å². The molecule has 0 aromatic carbocycles. The normalized spacial score (nSPS) is 9.75. The molecule has 0 rings (SSSR count). The van der Waals surface area contributed by atoms with Crippen molar-refractivity contribution < 1.29 is 0 Å². The van der Waals surface area contributed by atoms with E-state index in [0.717, 1.165) is 4.55 Å². The first-order valence-electron chi connectivity index (χ1n) is 1.43. The van der Waals surface area contributed by atoms with Crippen molar-refractivity contribution in [3.63, 3.8) is 0 Å². The standard InChI is InChI=1S/CH4IN.4BrH.Pb/c2-1-3;;;;;/h1,3H2;4*1H;/q;;;;;+4/p-4. The summed E-state index contributed by atoms with van der Waals surface area (Å²) in [7, 11) is 0. The Morgan fingerprint density at radius 1 is 1.25 bits per heavy atom. The molecule has 0 aliphatic heterocycles. The molecule has 0 aromatic rings. The SMILES string of the molecule is NCI.[Br][Pb]([Br])([Br])[Br]. The van der Waals surface area contributed by atoms with Crippen LogP contribution in [0, 0.1) is 0 Å². The van der Waals surface area contributed by atoms with Crippen molar-refractivity contribution in [2.45, 2.75) is 0 Å². The second-order valence-electron chi connectivity index (χ2n) is 0.583. The maximum atomic E-state index is 4.83. The molecule has 0 aromatic heterocycles. The Kier molecular flexibility index (Phi) is 15.2. The third-order valence-corrected chi connectivity index (χ3v) is 0. The summed E-state index contributed by atoms with van der Waals surface area (Å²) in [6, 6.07) is 0. The van der Waals surface area contributed by atoms with Crippen LogP contribution in [0.4, 0.5) is 0 Å². The van der Waals surface area contributed by atoms with Gasteiger partial charge in [-0.15, -0.1) is 0 Å². The van der Waals surface area contributed by atoms with E-state index < -0.39 is 11.5 Å². The van der Waals surface area contributed by atoms with Gasteiger partial charge in [0.05, 0.1) is 0 Å². The van der Waals surface area contributed by atoms with Crippen LogP contribution in [0.25, 0.3) is 0 Å². The topological polar surface area (TPSA) is 26.0 Å². The van der Waals surface area contributed by atoms with E-state index in [9.17, 15) is 0 Å². The summed E-state index contributed by atoms with van der Waals surface area (Å²) >= 11 is 13.4. The number of alkyl halides is 1. The Morgan fingerprint density at radius 3 is 1.25 bits per heavy atom. The first-order valence-corrected chi connectivity index (χ1v) is 36.7. The van der Waals surface area contributed by atoms with Crippen LogP contribution < -0.4 is 5.73 Å². The van der Waals surface area contributed by atoms with Crippen molar-refractivity contribution in [1.29, 1.82) is 0 Å². The van der Waals surface area contributed by atoms with Crippen LogP contribution in [0.5, 0.6) is 0 Å². The van der Waals surface area contributed by atoms with Crippen LogP contribution >= 0.6 is 70.5 Å². The molecule has 0 unspecified atom stereocenters. The van der Waals surface area contributed by atoms with E-state index in [0.29, 0.717) is 0 Å². The van der Waals surface area contributed by atoms with Crippen molar-refractivity contribution in [3.05, 3.63) is 0 Å². The zero-order valence-corrected chi connectivity index (χ0v) is 16.1. The number of hydrogen-bond acceptors (Lipinski definition) is 1. The molecule has 0 fully saturated rings. The molecule has 0 aliphatic carbocycles. The molecule has 0 heterocycles. The van der Waals surface area contributed by atoms with Crippen molar-refractivity contribution in [3.8, 4) is 0 Å². The van der Waals surface area contributed by atoms with Crippen LogP contribution in [-0.4, -0.2) is 16.1 Å². The fraction of sp³-hybridized carbons (Fsp3) is 1.00. The fourth-order valence-corrected chi connectivity index (χ4v) is 0. The molecule has 0 radical (unpaired) electrons. The number of rotatable bonds is 0. The second-order valence-corrected chi connectivity index (χ2v) is 103. The van der Waals surface area contributed by atoms with Gasteiger partial charge in [0, 0.05) is 4.55 Å². The Labute approximate surface area is 89.9 Å². The average Bonchev–Trinajstić information content (AvgIpc) is 1.27. The van der Waals surface area contributed by atoms with E-state index in [2.05, 4.69) is 70.5 Å². The number of halogens is 5. The molecule has 0 atom stereocenters. The van der Waals surface area contributed by atoms with Crippen LogP contribution in [0.3, 0.4) is 0 Å². The Morgan fingerprint density at radius 2 is 1.25 bits per heavy atom. The van der Waals surface area contributed by atoms with Crippen LogP contribution in [-0.2, 0) is 0 Å². The first-order chi connectivity index (χ1) is 3.41. The molecule has 0 spiro atoms. The molecule has 0 bridgehead atoms. The fourth-order valence-electron chi connectivity index (χ4n) is 0. The van der Waals surface area contributed by atoms with Gasteiger partial charge in [0.25, 0.3) is 0 Å². The van der Waals surface area contributed by atoms with Gasteiger partial charge in [-0.1, -0.05) is 22.6 Å². The van der Waals surface area contributed by atoms with E-state index in [4.69, 9.17) is 5.73 Å². The quantitative estimate of drug-likeness (QED) is 0.181. The van der Waals surface area contributed by atoms with E-state index in [1.165, 1.54) is 0 Å². The summed E-state index contributed by atoms with van der Waals surface area (Å²) in [4.78, 5) is 0. The maximum absolute atomic E-state index is 4.83. The summed E-state index contributed by atoms with van der Waals surface area (Å²) in [5, 5.41) is 0. The molecule has 8 heavy (non-hydrogen) atoms. The minimum atomic E-state index is -2.03. The third-order valence-electron chi connectivity index (χ3n) is 0. The zero-order chi connectivity index (χ0) is 7.21. The van der Waals surface area contributed by atoms with Gasteiger partial charge in [0.2, 0.25) is 0 Å². The number of hydrogen-bond donors (Lipinski definition) is 1. The van der Waals surface area contributed by atoms with E-state index >= 15 is 0 Å². The molecule has 0 saturated carbocycles. The first kappa shape index (κ1) is 14.1. The van der Waals surface area contributed by atoms with Crippen LogP contribution in [0.2, 0.25) is 0 Å². The summed E-state index contributed by atoms with van der Waals surface area (Å²) in [5.74, 6) is 0. The molecular formula is CH4Br4INPb. The van der Waals surface area contributed by atoms with Gasteiger partial charge in [0.15, 0.2) is 0 Å². The third kappa shape index (κ3) is 55.6. The monoisotopic (exact) mass is 681 g/mol. The minimum absolute atomic E-state index is 0.720. The Balaban J connectivity index is 0.